The summed E-state index contributed by atoms with van der Waals surface area (Å²) in [5.74, 6) is 1.59. The van der Waals surface area contributed by atoms with Gasteiger partial charge in [0.2, 0.25) is 0 Å². The van der Waals surface area contributed by atoms with E-state index in [0.29, 0.717) is 0 Å². The molecule has 1 heterocycles. The summed E-state index contributed by atoms with van der Waals surface area (Å²) in [6.07, 6.45) is 10.3. The molecule has 1 aromatic rings. The van der Waals surface area contributed by atoms with Crippen LogP contribution in [0.5, 0.6) is 0 Å². The van der Waals surface area contributed by atoms with Crippen molar-refractivity contribution in [2.24, 2.45) is 17.6 Å². The minimum Gasteiger partial charge on any atom is -0.325 e. The fourth-order valence-electron chi connectivity index (χ4n) is 3.68. The zero-order chi connectivity index (χ0) is 14.6. The molecule has 2 heteroatoms. The molecule has 0 aliphatic heterocycles. The summed E-state index contributed by atoms with van der Waals surface area (Å²) in [6.45, 7) is 6.80. The van der Waals surface area contributed by atoms with Gasteiger partial charge in [0.05, 0.1) is 0 Å². The van der Waals surface area contributed by atoms with Gasteiger partial charge in [-0.15, -0.1) is 0 Å². The number of aromatic nitrogens is 1. The number of hydrogen-bond acceptors (Lipinski definition) is 2. The standard InChI is InChI=1S/C18H30N2/c1-4-15-7-8-17(20-13-15)12-18(19)9-5-6-16(11-18)10-14(2)3/h7-8,13-14,16H,4-6,9-12,19H2,1-3H3. The molecule has 2 nitrogen and oxygen atoms in total. The number of rotatable bonds is 5. The SMILES string of the molecule is CCc1ccc(CC2(N)CCCC(CC(C)C)C2)nc1. The number of pyridine rings is 1. The van der Waals surface area contributed by atoms with E-state index in [-0.39, 0.29) is 5.54 Å². The first-order chi connectivity index (χ1) is 9.50. The molecule has 0 radical (unpaired) electrons. The molecule has 1 aromatic heterocycles. The largest absolute Gasteiger partial charge is 0.325 e. The molecule has 0 bridgehead atoms. The molecule has 20 heavy (non-hydrogen) atoms. The Hall–Kier alpha value is -0.890. The van der Waals surface area contributed by atoms with Gasteiger partial charge in [0, 0.05) is 23.9 Å². The Bertz CT molecular complexity index is 410. The second-order valence-corrected chi connectivity index (χ2v) is 7.14. The third-order valence-electron chi connectivity index (χ3n) is 4.61. The van der Waals surface area contributed by atoms with Crippen LogP contribution in [0.3, 0.4) is 0 Å². The van der Waals surface area contributed by atoms with E-state index in [1.165, 1.54) is 31.2 Å². The lowest BCUT2D eigenvalue weighted by Crippen LogP contribution is -2.46. The zero-order valence-corrected chi connectivity index (χ0v) is 13.4. The van der Waals surface area contributed by atoms with Crippen molar-refractivity contribution in [3.63, 3.8) is 0 Å². The summed E-state index contributed by atoms with van der Waals surface area (Å²) in [7, 11) is 0. The maximum absolute atomic E-state index is 6.69. The van der Waals surface area contributed by atoms with Crippen molar-refractivity contribution < 1.29 is 0 Å². The van der Waals surface area contributed by atoms with E-state index in [1.807, 2.05) is 6.20 Å². The van der Waals surface area contributed by atoms with E-state index in [4.69, 9.17) is 5.73 Å². The molecule has 0 aromatic carbocycles. The quantitative estimate of drug-likeness (QED) is 0.877. The van der Waals surface area contributed by atoms with Crippen LogP contribution in [0.15, 0.2) is 18.3 Å². The first-order valence-electron chi connectivity index (χ1n) is 8.23. The number of hydrogen-bond donors (Lipinski definition) is 1. The van der Waals surface area contributed by atoms with Crippen LogP contribution in [-0.4, -0.2) is 10.5 Å². The van der Waals surface area contributed by atoms with E-state index < -0.39 is 0 Å². The molecule has 1 saturated carbocycles. The predicted molar refractivity (Wildman–Crippen MR) is 85.7 cm³/mol. The first kappa shape index (κ1) is 15.5. The Kier molecular flexibility index (Phi) is 5.20. The topological polar surface area (TPSA) is 38.9 Å². The lowest BCUT2D eigenvalue weighted by molar-refractivity contribution is 0.199. The monoisotopic (exact) mass is 274 g/mol. The van der Waals surface area contributed by atoms with Gasteiger partial charge < -0.3 is 5.73 Å². The van der Waals surface area contributed by atoms with Crippen molar-refractivity contribution in [3.05, 3.63) is 29.6 Å². The lowest BCUT2D eigenvalue weighted by atomic mass is 9.72. The van der Waals surface area contributed by atoms with Gasteiger partial charge in [0.25, 0.3) is 0 Å². The average Bonchev–Trinajstić information content (AvgIpc) is 2.38. The molecule has 2 atom stereocenters. The summed E-state index contributed by atoms with van der Waals surface area (Å²) in [4.78, 5) is 4.59. The molecule has 2 rings (SSSR count). The Balaban J connectivity index is 1.98. The summed E-state index contributed by atoms with van der Waals surface area (Å²) in [5, 5.41) is 0. The summed E-state index contributed by atoms with van der Waals surface area (Å²) in [5.41, 5.74) is 9.13. The van der Waals surface area contributed by atoms with Crippen LogP contribution in [0, 0.1) is 11.8 Å². The molecule has 0 spiro atoms. The fourth-order valence-corrected chi connectivity index (χ4v) is 3.68. The average molecular weight is 274 g/mol. The highest BCUT2D eigenvalue weighted by molar-refractivity contribution is 5.16. The van der Waals surface area contributed by atoms with Gasteiger partial charge in [-0.3, -0.25) is 4.98 Å². The molecule has 0 saturated heterocycles. The Morgan fingerprint density at radius 1 is 1.40 bits per heavy atom. The normalized spacial score (nSPS) is 26.9. The van der Waals surface area contributed by atoms with Gasteiger partial charge in [-0.25, -0.2) is 0 Å². The van der Waals surface area contributed by atoms with Crippen LogP contribution in [0.25, 0.3) is 0 Å². The molecule has 112 valence electrons. The highest BCUT2D eigenvalue weighted by Crippen LogP contribution is 2.36. The molecule has 0 amide bonds. The molecular formula is C18H30N2. The van der Waals surface area contributed by atoms with Crippen LogP contribution in [0.2, 0.25) is 0 Å². The number of nitrogens with two attached hydrogens (primary N) is 1. The maximum atomic E-state index is 6.69. The van der Waals surface area contributed by atoms with Crippen molar-refractivity contribution in [2.45, 2.75) is 71.3 Å². The second kappa shape index (κ2) is 6.71. The van der Waals surface area contributed by atoms with Crippen LogP contribution >= 0.6 is 0 Å². The minimum absolute atomic E-state index is 0.0292. The van der Waals surface area contributed by atoms with Crippen molar-refractivity contribution >= 4 is 0 Å². The van der Waals surface area contributed by atoms with Crippen LogP contribution in [-0.2, 0) is 12.8 Å². The Morgan fingerprint density at radius 3 is 2.80 bits per heavy atom. The Morgan fingerprint density at radius 2 is 2.20 bits per heavy atom. The highest BCUT2D eigenvalue weighted by Gasteiger charge is 2.33. The molecule has 1 aliphatic carbocycles. The second-order valence-electron chi connectivity index (χ2n) is 7.14. The smallest absolute Gasteiger partial charge is 0.0422 e. The summed E-state index contributed by atoms with van der Waals surface area (Å²) >= 11 is 0. The summed E-state index contributed by atoms with van der Waals surface area (Å²) < 4.78 is 0. The molecule has 1 aliphatic rings. The predicted octanol–water partition coefficient (Wildman–Crippen LogP) is 4.12. The highest BCUT2D eigenvalue weighted by atomic mass is 14.8. The fraction of sp³-hybridized carbons (Fsp3) is 0.722. The number of nitrogens with zero attached hydrogens (tertiary/aromatic N) is 1. The van der Waals surface area contributed by atoms with Gasteiger partial charge in [0.15, 0.2) is 0 Å². The van der Waals surface area contributed by atoms with E-state index in [0.717, 1.165) is 36.8 Å². The van der Waals surface area contributed by atoms with Crippen LogP contribution < -0.4 is 5.73 Å². The Labute approximate surface area is 124 Å². The third kappa shape index (κ3) is 4.31. The lowest BCUT2D eigenvalue weighted by Gasteiger charge is -2.38. The van der Waals surface area contributed by atoms with Crippen molar-refractivity contribution in [3.8, 4) is 0 Å². The van der Waals surface area contributed by atoms with Crippen LogP contribution in [0.1, 0.15) is 64.1 Å². The summed E-state index contributed by atoms with van der Waals surface area (Å²) in [6, 6.07) is 4.36. The number of aryl methyl sites for hydroxylation is 1. The van der Waals surface area contributed by atoms with Gasteiger partial charge in [0.1, 0.15) is 0 Å². The minimum atomic E-state index is -0.0292. The molecule has 1 fully saturated rings. The van der Waals surface area contributed by atoms with Gasteiger partial charge in [-0.05, 0) is 49.1 Å². The first-order valence-corrected chi connectivity index (χ1v) is 8.23. The van der Waals surface area contributed by atoms with E-state index in [9.17, 15) is 0 Å². The molecule has 2 unspecified atom stereocenters. The van der Waals surface area contributed by atoms with Crippen molar-refractivity contribution in [2.75, 3.05) is 0 Å². The third-order valence-corrected chi connectivity index (χ3v) is 4.61. The molecular weight excluding hydrogens is 244 g/mol. The van der Waals surface area contributed by atoms with E-state index in [2.05, 4.69) is 37.9 Å². The van der Waals surface area contributed by atoms with Crippen molar-refractivity contribution in [1.29, 1.82) is 0 Å². The van der Waals surface area contributed by atoms with E-state index >= 15 is 0 Å². The van der Waals surface area contributed by atoms with E-state index in [1.54, 1.807) is 0 Å². The molecule has 2 N–H and O–H groups in total. The zero-order valence-electron chi connectivity index (χ0n) is 13.4. The van der Waals surface area contributed by atoms with Crippen LogP contribution in [0.4, 0.5) is 0 Å². The van der Waals surface area contributed by atoms with Gasteiger partial charge in [-0.2, -0.15) is 0 Å². The van der Waals surface area contributed by atoms with Gasteiger partial charge >= 0.3 is 0 Å². The van der Waals surface area contributed by atoms with Gasteiger partial charge in [-0.1, -0.05) is 39.7 Å². The maximum Gasteiger partial charge on any atom is 0.0422 e. The van der Waals surface area contributed by atoms with Crippen molar-refractivity contribution in [1.82, 2.24) is 4.98 Å².